The molecule has 0 unspecified atom stereocenters. The zero-order chi connectivity index (χ0) is 24.7. The highest BCUT2D eigenvalue weighted by molar-refractivity contribution is 5.99. The normalized spacial score (nSPS) is 13.5. The molecule has 1 amide bonds. The Hall–Kier alpha value is -3.91. The standard InChI is InChI=1S/C27H29N3O5/c1-33-26(32)27(16-20-10-5-6-11-21(20)17-27)30-25(31)23-24(35-18-19-8-3-2-4-9-19)22(12-14-29-23)34-15-7-13-28/h2-6,8-12,14H,7,13,15-18,28H2,1H3,(H,30,31). The van der Waals surface area contributed by atoms with E-state index in [0.29, 0.717) is 38.2 Å². The molecule has 3 aromatic rings. The lowest BCUT2D eigenvalue weighted by molar-refractivity contribution is -0.147. The Morgan fingerprint density at radius 2 is 1.69 bits per heavy atom. The second-order valence-corrected chi connectivity index (χ2v) is 8.40. The Bertz CT molecular complexity index is 1160. The van der Waals surface area contributed by atoms with Crippen LogP contribution in [-0.2, 0) is 29.0 Å². The van der Waals surface area contributed by atoms with Gasteiger partial charge in [-0.25, -0.2) is 9.78 Å². The zero-order valence-electron chi connectivity index (χ0n) is 19.7. The van der Waals surface area contributed by atoms with Crippen molar-refractivity contribution in [3.8, 4) is 11.5 Å². The second kappa shape index (κ2) is 11.0. The Balaban J connectivity index is 1.63. The molecule has 35 heavy (non-hydrogen) atoms. The van der Waals surface area contributed by atoms with E-state index in [0.717, 1.165) is 16.7 Å². The van der Waals surface area contributed by atoms with Gasteiger partial charge in [0.25, 0.3) is 5.91 Å². The third-order valence-corrected chi connectivity index (χ3v) is 5.95. The maximum atomic E-state index is 13.6. The molecule has 0 bridgehead atoms. The molecule has 0 atom stereocenters. The van der Waals surface area contributed by atoms with Crippen LogP contribution >= 0.6 is 0 Å². The Morgan fingerprint density at radius 3 is 2.34 bits per heavy atom. The van der Waals surface area contributed by atoms with Crippen LogP contribution in [0, 0.1) is 0 Å². The number of methoxy groups -OCH3 is 1. The van der Waals surface area contributed by atoms with Gasteiger partial charge in [-0.2, -0.15) is 0 Å². The number of rotatable bonds is 10. The number of hydrogen-bond donors (Lipinski definition) is 2. The van der Waals surface area contributed by atoms with Gasteiger partial charge in [0, 0.05) is 25.1 Å². The van der Waals surface area contributed by atoms with Crippen LogP contribution in [-0.4, -0.2) is 42.7 Å². The van der Waals surface area contributed by atoms with E-state index < -0.39 is 17.4 Å². The van der Waals surface area contributed by atoms with Crippen molar-refractivity contribution in [1.82, 2.24) is 10.3 Å². The third kappa shape index (κ3) is 5.44. The molecule has 1 aromatic heterocycles. The van der Waals surface area contributed by atoms with Gasteiger partial charge in [-0.1, -0.05) is 54.6 Å². The lowest BCUT2D eigenvalue weighted by Gasteiger charge is -2.27. The molecular formula is C27H29N3O5. The molecule has 0 saturated heterocycles. The van der Waals surface area contributed by atoms with Crippen molar-refractivity contribution in [1.29, 1.82) is 0 Å². The van der Waals surface area contributed by atoms with E-state index >= 15 is 0 Å². The predicted octanol–water partition coefficient (Wildman–Crippen LogP) is 2.83. The molecule has 4 rings (SSSR count). The van der Waals surface area contributed by atoms with E-state index in [2.05, 4.69) is 10.3 Å². The van der Waals surface area contributed by atoms with Gasteiger partial charge < -0.3 is 25.3 Å². The maximum Gasteiger partial charge on any atom is 0.332 e. The zero-order valence-corrected chi connectivity index (χ0v) is 19.7. The number of aromatic nitrogens is 1. The molecule has 0 radical (unpaired) electrons. The average Bonchev–Trinajstić information content (AvgIpc) is 3.27. The van der Waals surface area contributed by atoms with Gasteiger partial charge in [0.1, 0.15) is 12.1 Å². The minimum atomic E-state index is -1.23. The molecule has 8 nitrogen and oxygen atoms in total. The summed E-state index contributed by atoms with van der Waals surface area (Å²) < 4.78 is 17.0. The quantitative estimate of drug-likeness (QED) is 0.342. The monoisotopic (exact) mass is 475 g/mol. The van der Waals surface area contributed by atoms with Crippen molar-refractivity contribution in [2.75, 3.05) is 20.3 Å². The summed E-state index contributed by atoms with van der Waals surface area (Å²) in [4.78, 5) is 30.7. The van der Waals surface area contributed by atoms with E-state index in [1.807, 2.05) is 54.6 Å². The molecule has 2 aromatic carbocycles. The topological polar surface area (TPSA) is 113 Å². The highest BCUT2D eigenvalue weighted by Gasteiger charge is 2.46. The molecule has 182 valence electrons. The van der Waals surface area contributed by atoms with Crippen LogP contribution in [0.5, 0.6) is 11.5 Å². The molecule has 1 aliphatic rings. The predicted molar refractivity (Wildman–Crippen MR) is 130 cm³/mol. The minimum Gasteiger partial charge on any atom is -0.489 e. The van der Waals surface area contributed by atoms with Gasteiger partial charge in [-0.15, -0.1) is 0 Å². The summed E-state index contributed by atoms with van der Waals surface area (Å²) in [6, 6.07) is 18.9. The van der Waals surface area contributed by atoms with Gasteiger partial charge in [0.15, 0.2) is 17.2 Å². The SMILES string of the molecule is COC(=O)C1(NC(=O)c2nccc(OCCCN)c2OCc2ccccc2)Cc2ccccc2C1. The molecule has 0 fully saturated rings. The van der Waals surface area contributed by atoms with E-state index in [1.54, 1.807) is 6.07 Å². The lowest BCUT2D eigenvalue weighted by atomic mass is 9.95. The highest BCUT2D eigenvalue weighted by atomic mass is 16.5. The third-order valence-electron chi connectivity index (χ3n) is 5.95. The van der Waals surface area contributed by atoms with Crippen LogP contribution in [0.15, 0.2) is 66.9 Å². The number of benzene rings is 2. The van der Waals surface area contributed by atoms with Crippen molar-refractivity contribution >= 4 is 11.9 Å². The number of nitrogens with two attached hydrogens (primary N) is 1. The number of fused-ring (bicyclic) bond motifs is 1. The van der Waals surface area contributed by atoms with Gasteiger partial charge in [0.05, 0.1) is 13.7 Å². The Kier molecular flexibility index (Phi) is 7.62. The molecular weight excluding hydrogens is 446 g/mol. The molecule has 0 saturated carbocycles. The van der Waals surface area contributed by atoms with Crippen molar-refractivity contribution in [2.24, 2.45) is 5.73 Å². The minimum absolute atomic E-state index is 0.0328. The summed E-state index contributed by atoms with van der Waals surface area (Å²) in [6.45, 7) is 1.05. The number of hydrogen-bond acceptors (Lipinski definition) is 7. The van der Waals surface area contributed by atoms with Crippen LogP contribution in [0.1, 0.15) is 33.6 Å². The number of nitrogens with one attached hydrogen (secondary N) is 1. The van der Waals surface area contributed by atoms with Crippen LogP contribution in [0.25, 0.3) is 0 Å². The van der Waals surface area contributed by atoms with E-state index in [9.17, 15) is 9.59 Å². The number of ether oxygens (including phenoxy) is 3. The summed E-state index contributed by atoms with van der Waals surface area (Å²) in [5.74, 6) is -0.461. The molecule has 8 heteroatoms. The van der Waals surface area contributed by atoms with Gasteiger partial charge in [-0.3, -0.25) is 4.79 Å². The first kappa shape index (κ1) is 24.2. The number of carbonyl (C=O) groups is 2. The molecule has 0 aliphatic heterocycles. The molecule has 1 aliphatic carbocycles. The van der Waals surface area contributed by atoms with Gasteiger partial charge in [-0.05, 0) is 29.7 Å². The first-order valence-corrected chi connectivity index (χ1v) is 11.5. The van der Waals surface area contributed by atoms with Crippen LogP contribution < -0.4 is 20.5 Å². The van der Waals surface area contributed by atoms with Crippen molar-refractivity contribution in [3.63, 3.8) is 0 Å². The smallest absolute Gasteiger partial charge is 0.332 e. The summed E-state index contributed by atoms with van der Waals surface area (Å²) in [6.07, 6.45) is 2.78. The summed E-state index contributed by atoms with van der Waals surface area (Å²) in [5.41, 5.74) is 7.30. The fourth-order valence-electron chi connectivity index (χ4n) is 4.21. The molecule has 0 spiro atoms. The van der Waals surface area contributed by atoms with Crippen molar-refractivity contribution in [3.05, 3.63) is 89.2 Å². The van der Waals surface area contributed by atoms with Crippen LogP contribution in [0.3, 0.4) is 0 Å². The first-order chi connectivity index (χ1) is 17.1. The van der Waals surface area contributed by atoms with Crippen molar-refractivity contribution in [2.45, 2.75) is 31.4 Å². The Labute approximate surface area is 204 Å². The van der Waals surface area contributed by atoms with E-state index in [4.69, 9.17) is 19.9 Å². The van der Waals surface area contributed by atoms with E-state index in [1.165, 1.54) is 13.3 Å². The number of pyridine rings is 1. The largest absolute Gasteiger partial charge is 0.489 e. The van der Waals surface area contributed by atoms with Crippen molar-refractivity contribution < 1.29 is 23.8 Å². The van der Waals surface area contributed by atoms with Gasteiger partial charge >= 0.3 is 5.97 Å². The fraction of sp³-hybridized carbons (Fsp3) is 0.296. The number of carbonyl (C=O) groups excluding carboxylic acids is 2. The lowest BCUT2D eigenvalue weighted by Crippen LogP contribution is -2.56. The highest BCUT2D eigenvalue weighted by Crippen LogP contribution is 2.34. The summed E-state index contributed by atoms with van der Waals surface area (Å²) in [7, 11) is 1.32. The number of esters is 1. The maximum absolute atomic E-state index is 13.6. The first-order valence-electron chi connectivity index (χ1n) is 11.5. The average molecular weight is 476 g/mol. The van der Waals surface area contributed by atoms with Gasteiger partial charge in [0.2, 0.25) is 0 Å². The molecule has 1 heterocycles. The number of amides is 1. The fourth-order valence-corrected chi connectivity index (χ4v) is 4.21. The summed E-state index contributed by atoms with van der Waals surface area (Å²) in [5, 5.41) is 2.91. The molecule has 3 N–H and O–H groups in total. The Morgan fingerprint density at radius 1 is 1.00 bits per heavy atom. The van der Waals surface area contributed by atoms with Crippen LogP contribution in [0.2, 0.25) is 0 Å². The second-order valence-electron chi connectivity index (χ2n) is 8.40. The summed E-state index contributed by atoms with van der Waals surface area (Å²) >= 11 is 0. The number of nitrogens with zero attached hydrogens (tertiary/aromatic N) is 1. The van der Waals surface area contributed by atoms with E-state index in [-0.39, 0.29) is 18.1 Å². The van der Waals surface area contributed by atoms with Crippen LogP contribution in [0.4, 0.5) is 0 Å².